The van der Waals surface area contributed by atoms with Crippen LogP contribution in [0, 0.1) is 5.92 Å². The van der Waals surface area contributed by atoms with Gasteiger partial charge in [0, 0.05) is 23.9 Å². The van der Waals surface area contributed by atoms with Crippen molar-refractivity contribution < 1.29 is 23.9 Å². The fourth-order valence-electron chi connectivity index (χ4n) is 3.85. The smallest absolute Gasteiger partial charge is 0.434 e. The number of ether oxygens (including phenoxy) is 2. The van der Waals surface area contributed by atoms with E-state index < -0.39 is 6.16 Å². The van der Waals surface area contributed by atoms with Gasteiger partial charge in [0.2, 0.25) is 5.91 Å². The SMILES string of the molecule is CCOC(=O)Oc1ccc(C(=O)Nc2ccccc2CNC(=O)/C=C(\C)C2CCCC2)cc1. The number of nitrogens with one attached hydrogen (secondary N) is 2. The highest BCUT2D eigenvalue weighted by Crippen LogP contribution is 2.30. The zero-order chi connectivity index (χ0) is 23.6. The van der Waals surface area contributed by atoms with Crippen molar-refractivity contribution in [1.82, 2.24) is 5.32 Å². The minimum Gasteiger partial charge on any atom is -0.434 e. The van der Waals surface area contributed by atoms with Gasteiger partial charge in [-0.2, -0.15) is 0 Å². The highest BCUT2D eigenvalue weighted by Gasteiger charge is 2.17. The molecule has 2 aromatic carbocycles. The van der Waals surface area contributed by atoms with E-state index in [0.717, 1.165) is 24.0 Å². The van der Waals surface area contributed by atoms with Gasteiger partial charge in [-0.25, -0.2) is 4.79 Å². The molecule has 33 heavy (non-hydrogen) atoms. The summed E-state index contributed by atoms with van der Waals surface area (Å²) in [5.74, 6) is 0.358. The third kappa shape index (κ3) is 7.20. The Bertz CT molecular complexity index is 1010. The molecule has 7 nitrogen and oxygen atoms in total. The minimum absolute atomic E-state index is 0.127. The molecule has 7 heteroatoms. The van der Waals surface area contributed by atoms with Gasteiger partial charge >= 0.3 is 6.16 Å². The van der Waals surface area contributed by atoms with Crippen molar-refractivity contribution in [2.24, 2.45) is 5.92 Å². The maximum absolute atomic E-state index is 12.7. The summed E-state index contributed by atoms with van der Waals surface area (Å²) in [4.78, 5) is 36.4. The molecule has 1 saturated carbocycles. The molecule has 0 bridgehead atoms. The molecule has 1 aliphatic rings. The number of allylic oxidation sites excluding steroid dienone is 1. The largest absolute Gasteiger partial charge is 0.513 e. The predicted octanol–water partition coefficient (Wildman–Crippen LogP) is 5.23. The van der Waals surface area contributed by atoms with Gasteiger partial charge in [-0.3, -0.25) is 9.59 Å². The van der Waals surface area contributed by atoms with E-state index in [9.17, 15) is 14.4 Å². The summed E-state index contributed by atoms with van der Waals surface area (Å²) < 4.78 is 9.73. The maximum atomic E-state index is 12.7. The lowest BCUT2D eigenvalue weighted by Crippen LogP contribution is -2.22. The summed E-state index contributed by atoms with van der Waals surface area (Å²) in [6, 6.07) is 13.5. The summed E-state index contributed by atoms with van der Waals surface area (Å²) in [5, 5.41) is 5.79. The number of anilines is 1. The van der Waals surface area contributed by atoms with Crippen LogP contribution in [0.4, 0.5) is 10.5 Å². The summed E-state index contributed by atoms with van der Waals surface area (Å²) >= 11 is 0. The minimum atomic E-state index is -0.793. The molecule has 2 aromatic rings. The molecule has 0 saturated heterocycles. The molecule has 0 aliphatic heterocycles. The number of rotatable bonds is 8. The molecule has 174 valence electrons. The second-order valence-electron chi connectivity index (χ2n) is 8.01. The first-order valence-corrected chi connectivity index (χ1v) is 11.3. The van der Waals surface area contributed by atoms with Crippen LogP contribution in [0.3, 0.4) is 0 Å². The van der Waals surface area contributed by atoms with Crippen LogP contribution in [0.25, 0.3) is 0 Å². The Balaban J connectivity index is 1.58. The van der Waals surface area contributed by atoms with Crippen molar-refractivity contribution >= 4 is 23.7 Å². The molecule has 0 atom stereocenters. The van der Waals surface area contributed by atoms with E-state index in [1.165, 1.54) is 25.0 Å². The van der Waals surface area contributed by atoms with E-state index in [0.29, 0.717) is 23.7 Å². The van der Waals surface area contributed by atoms with Crippen LogP contribution in [0.1, 0.15) is 55.5 Å². The zero-order valence-electron chi connectivity index (χ0n) is 19.1. The van der Waals surface area contributed by atoms with Gasteiger partial charge in [-0.15, -0.1) is 0 Å². The topological polar surface area (TPSA) is 93.7 Å². The molecule has 0 aromatic heterocycles. The van der Waals surface area contributed by atoms with Gasteiger partial charge in [0.05, 0.1) is 6.61 Å². The molecule has 1 fully saturated rings. The average molecular weight is 451 g/mol. The third-order valence-electron chi connectivity index (χ3n) is 5.66. The second kappa shape index (κ2) is 11.9. The molecule has 0 radical (unpaired) electrons. The molecule has 2 amide bonds. The first-order chi connectivity index (χ1) is 16.0. The fraction of sp³-hybridized carbons (Fsp3) is 0.346. The highest BCUT2D eigenvalue weighted by atomic mass is 16.7. The third-order valence-corrected chi connectivity index (χ3v) is 5.66. The Morgan fingerprint density at radius 2 is 1.73 bits per heavy atom. The lowest BCUT2D eigenvalue weighted by molar-refractivity contribution is -0.116. The van der Waals surface area contributed by atoms with Crippen LogP contribution in [0.2, 0.25) is 0 Å². The van der Waals surface area contributed by atoms with Crippen molar-refractivity contribution in [3.05, 3.63) is 71.3 Å². The quantitative estimate of drug-likeness (QED) is 0.326. The fourth-order valence-corrected chi connectivity index (χ4v) is 3.85. The molecule has 1 aliphatic carbocycles. The van der Waals surface area contributed by atoms with Crippen LogP contribution in [0.15, 0.2) is 60.2 Å². The second-order valence-corrected chi connectivity index (χ2v) is 8.01. The highest BCUT2D eigenvalue weighted by molar-refractivity contribution is 6.04. The maximum Gasteiger partial charge on any atom is 0.513 e. The Morgan fingerprint density at radius 1 is 1.03 bits per heavy atom. The lowest BCUT2D eigenvalue weighted by Gasteiger charge is -2.13. The number of para-hydroxylation sites is 1. The molecule has 0 spiro atoms. The first kappa shape index (κ1) is 24.0. The van der Waals surface area contributed by atoms with Gasteiger partial charge in [-0.1, -0.05) is 36.6 Å². The lowest BCUT2D eigenvalue weighted by atomic mass is 9.99. The van der Waals surface area contributed by atoms with E-state index >= 15 is 0 Å². The Kier molecular flexibility index (Phi) is 8.63. The number of amides is 2. The van der Waals surface area contributed by atoms with E-state index in [4.69, 9.17) is 9.47 Å². The van der Waals surface area contributed by atoms with Gasteiger partial charge in [-0.05, 0) is 68.5 Å². The van der Waals surface area contributed by atoms with Crippen LogP contribution in [-0.4, -0.2) is 24.6 Å². The van der Waals surface area contributed by atoms with Crippen molar-refractivity contribution in [2.45, 2.75) is 46.1 Å². The summed E-state index contributed by atoms with van der Waals surface area (Å²) in [5.41, 5.74) is 2.95. The van der Waals surface area contributed by atoms with Crippen molar-refractivity contribution in [2.75, 3.05) is 11.9 Å². The van der Waals surface area contributed by atoms with E-state index in [1.54, 1.807) is 31.2 Å². The van der Waals surface area contributed by atoms with Gasteiger partial charge in [0.25, 0.3) is 5.91 Å². The first-order valence-electron chi connectivity index (χ1n) is 11.3. The summed E-state index contributed by atoms with van der Waals surface area (Å²) in [6.07, 6.45) is 5.66. The van der Waals surface area contributed by atoms with E-state index in [-0.39, 0.29) is 24.2 Å². The van der Waals surface area contributed by atoms with Crippen LogP contribution in [-0.2, 0) is 16.1 Å². The zero-order valence-corrected chi connectivity index (χ0v) is 19.1. The molecule has 0 unspecified atom stereocenters. The van der Waals surface area contributed by atoms with Crippen LogP contribution < -0.4 is 15.4 Å². The van der Waals surface area contributed by atoms with Gasteiger partial charge < -0.3 is 20.1 Å². The average Bonchev–Trinajstić information content (AvgIpc) is 3.34. The number of hydrogen-bond acceptors (Lipinski definition) is 5. The molecule has 2 N–H and O–H groups in total. The Morgan fingerprint density at radius 3 is 2.42 bits per heavy atom. The van der Waals surface area contributed by atoms with Gasteiger partial charge in [0.1, 0.15) is 5.75 Å². The molecule has 3 rings (SSSR count). The Labute approximate surface area is 194 Å². The van der Waals surface area contributed by atoms with Crippen LogP contribution in [0.5, 0.6) is 5.75 Å². The van der Waals surface area contributed by atoms with E-state index in [2.05, 4.69) is 10.6 Å². The van der Waals surface area contributed by atoms with Crippen molar-refractivity contribution in [3.63, 3.8) is 0 Å². The van der Waals surface area contributed by atoms with Gasteiger partial charge in [0.15, 0.2) is 0 Å². The number of carbonyl (C=O) groups excluding carboxylic acids is 3. The number of hydrogen-bond donors (Lipinski definition) is 2. The normalized spacial score (nSPS) is 13.9. The monoisotopic (exact) mass is 450 g/mol. The van der Waals surface area contributed by atoms with Crippen molar-refractivity contribution in [1.29, 1.82) is 0 Å². The molecular weight excluding hydrogens is 420 g/mol. The van der Waals surface area contributed by atoms with E-state index in [1.807, 2.05) is 25.1 Å². The summed E-state index contributed by atoms with van der Waals surface area (Å²) in [6.45, 7) is 4.23. The van der Waals surface area contributed by atoms with Crippen molar-refractivity contribution in [3.8, 4) is 5.75 Å². The summed E-state index contributed by atoms with van der Waals surface area (Å²) in [7, 11) is 0. The standard InChI is InChI=1S/C26H30N2O5/c1-3-32-26(31)33-22-14-12-20(13-15-22)25(30)28-23-11-7-6-10-21(23)17-27-24(29)16-18(2)19-8-4-5-9-19/h6-7,10-16,19H,3-5,8-9,17H2,1-2H3,(H,27,29)(H,28,30)/b18-16+. The molecular formula is C26H30N2O5. The molecule has 0 heterocycles. The number of benzene rings is 2. The predicted molar refractivity (Wildman–Crippen MR) is 126 cm³/mol. The van der Waals surface area contributed by atoms with Crippen LogP contribution >= 0.6 is 0 Å². The number of carbonyl (C=O) groups is 3. The Hall–Kier alpha value is -3.61.